The van der Waals surface area contributed by atoms with E-state index in [1.54, 1.807) is 7.11 Å². The van der Waals surface area contributed by atoms with Gasteiger partial charge in [-0.05, 0) is 61.0 Å². The Hall–Kier alpha value is -4.07. The number of pyridine rings is 1. The van der Waals surface area contributed by atoms with E-state index in [9.17, 15) is 9.59 Å². The Morgan fingerprint density at radius 2 is 1.76 bits per heavy atom. The molecule has 2 aromatic heterocycles. The molecule has 2 aromatic carbocycles. The Bertz CT molecular complexity index is 1360. The fourth-order valence-corrected chi connectivity index (χ4v) is 3.90. The lowest BCUT2D eigenvalue weighted by Gasteiger charge is -2.14. The van der Waals surface area contributed by atoms with E-state index in [4.69, 9.17) is 14.9 Å². The third kappa shape index (κ3) is 4.90. The topological polar surface area (TPSA) is 125 Å². The summed E-state index contributed by atoms with van der Waals surface area (Å²) in [6.45, 7) is 7.46. The molecule has 0 unspecified atom stereocenters. The second-order valence-electron chi connectivity index (χ2n) is 7.56. The van der Waals surface area contributed by atoms with Crippen molar-refractivity contribution in [3.05, 3.63) is 53.7 Å². The summed E-state index contributed by atoms with van der Waals surface area (Å²) in [6, 6.07) is 8.31. The number of H-pyrrole nitrogens is 1. The lowest BCUT2D eigenvalue weighted by Crippen LogP contribution is -2.03. The Labute approximate surface area is 190 Å². The first-order valence-corrected chi connectivity index (χ1v) is 10.5. The van der Waals surface area contributed by atoms with Crippen molar-refractivity contribution < 1.29 is 24.5 Å². The van der Waals surface area contributed by atoms with E-state index < -0.39 is 11.9 Å². The fraction of sp³-hybridized carbons (Fsp3) is 0.240. The van der Waals surface area contributed by atoms with Crippen LogP contribution in [0.2, 0.25) is 0 Å². The number of carboxylic acid groups (broad SMARTS) is 2. The van der Waals surface area contributed by atoms with Crippen LogP contribution in [0.15, 0.2) is 42.6 Å². The molecular weight excluding hydrogens is 422 g/mol. The minimum Gasteiger partial charge on any atom is -0.497 e. The van der Waals surface area contributed by atoms with Crippen LogP contribution >= 0.6 is 0 Å². The predicted octanol–water partition coefficient (Wildman–Crippen LogP) is 5.03. The van der Waals surface area contributed by atoms with E-state index in [1.165, 1.54) is 38.2 Å². The van der Waals surface area contributed by atoms with Gasteiger partial charge >= 0.3 is 11.9 Å². The molecule has 0 radical (unpaired) electrons. The largest absolute Gasteiger partial charge is 0.497 e. The van der Waals surface area contributed by atoms with Crippen LogP contribution in [-0.4, -0.2) is 45.8 Å². The SMILES string of the molecule is CCCNc1nccc2c(C)c3[nH]c4ccc(OC)cc4c3c(C)c12.O=C(O)C=CC(=O)O. The number of aliphatic carboxylic acids is 2. The van der Waals surface area contributed by atoms with E-state index in [0.717, 1.165) is 30.0 Å². The molecule has 0 amide bonds. The maximum Gasteiger partial charge on any atom is 0.328 e. The summed E-state index contributed by atoms with van der Waals surface area (Å²) in [5, 5.41) is 24.0. The van der Waals surface area contributed by atoms with Crippen molar-refractivity contribution in [1.82, 2.24) is 9.97 Å². The Balaban J connectivity index is 0.000000331. The highest BCUT2D eigenvalue weighted by Gasteiger charge is 2.17. The standard InChI is InChI=1S/C21H23N3O.C4H4O4/c1-5-9-22-21-19-13(3)18-16-11-14(25-4)6-7-17(16)24-20(18)12(2)15(19)8-10-23-21;5-3(6)1-2-4(7)8/h6-8,10-11,24H,5,9H2,1-4H3,(H,22,23);1-2H,(H,5,6)(H,7,8). The van der Waals surface area contributed by atoms with Crippen molar-refractivity contribution in [2.45, 2.75) is 27.2 Å². The average molecular weight is 450 g/mol. The first kappa shape index (κ1) is 23.6. The molecule has 0 aliphatic carbocycles. The number of methoxy groups -OCH3 is 1. The van der Waals surface area contributed by atoms with Crippen LogP contribution in [0, 0.1) is 13.8 Å². The highest BCUT2D eigenvalue weighted by Crippen LogP contribution is 2.39. The van der Waals surface area contributed by atoms with Gasteiger partial charge in [-0.2, -0.15) is 0 Å². The molecule has 0 aliphatic rings. The van der Waals surface area contributed by atoms with E-state index in [-0.39, 0.29) is 0 Å². The molecule has 8 nitrogen and oxygen atoms in total. The fourth-order valence-electron chi connectivity index (χ4n) is 3.90. The van der Waals surface area contributed by atoms with Gasteiger partial charge in [-0.25, -0.2) is 14.6 Å². The molecule has 33 heavy (non-hydrogen) atoms. The number of aromatic nitrogens is 2. The number of anilines is 1. The summed E-state index contributed by atoms with van der Waals surface area (Å²) < 4.78 is 5.44. The van der Waals surface area contributed by atoms with E-state index in [1.807, 2.05) is 12.3 Å². The van der Waals surface area contributed by atoms with Crippen LogP contribution in [-0.2, 0) is 9.59 Å². The number of ether oxygens (including phenoxy) is 1. The summed E-state index contributed by atoms with van der Waals surface area (Å²) in [4.78, 5) is 27.3. The lowest BCUT2D eigenvalue weighted by molar-refractivity contribution is -0.134. The molecule has 4 N–H and O–H groups in total. The van der Waals surface area contributed by atoms with Crippen LogP contribution in [0.1, 0.15) is 24.5 Å². The van der Waals surface area contributed by atoms with Gasteiger partial charge in [0, 0.05) is 46.6 Å². The van der Waals surface area contributed by atoms with Gasteiger partial charge in [0.1, 0.15) is 11.6 Å². The summed E-state index contributed by atoms with van der Waals surface area (Å²) in [7, 11) is 1.71. The zero-order chi connectivity index (χ0) is 24.1. The van der Waals surface area contributed by atoms with Gasteiger partial charge in [-0.1, -0.05) is 6.92 Å². The van der Waals surface area contributed by atoms with Crippen molar-refractivity contribution >= 4 is 50.3 Å². The van der Waals surface area contributed by atoms with Crippen LogP contribution in [0.4, 0.5) is 5.82 Å². The quantitative estimate of drug-likeness (QED) is 0.304. The minimum absolute atomic E-state index is 0.558. The zero-order valence-electron chi connectivity index (χ0n) is 19.0. The van der Waals surface area contributed by atoms with Crippen LogP contribution in [0.25, 0.3) is 32.6 Å². The van der Waals surface area contributed by atoms with Crippen LogP contribution in [0.5, 0.6) is 5.75 Å². The molecule has 0 fully saturated rings. The molecule has 8 heteroatoms. The first-order valence-electron chi connectivity index (χ1n) is 10.5. The Morgan fingerprint density at radius 1 is 1.06 bits per heavy atom. The van der Waals surface area contributed by atoms with Crippen molar-refractivity contribution in [2.24, 2.45) is 0 Å². The second-order valence-corrected chi connectivity index (χ2v) is 7.56. The van der Waals surface area contributed by atoms with Crippen LogP contribution in [0.3, 0.4) is 0 Å². The summed E-state index contributed by atoms with van der Waals surface area (Å²) in [5.41, 5.74) is 4.84. The molecule has 172 valence electrons. The number of benzene rings is 2. The van der Waals surface area contributed by atoms with Gasteiger partial charge in [-0.3, -0.25) is 0 Å². The first-order chi connectivity index (χ1) is 15.8. The average Bonchev–Trinajstić information content (AvgIpc) is 3.19. The van der Waals surface area contributed by atoms with Gasteiger partial charge in [-0.15, -0.1) is 0 Å². The molecule has 0 bridgehead atoms. The van der Waals surface area contributed by atoms with Gasteiger partial charge in [0.15, 0.2) is 0 Å². The normalized spacial score (nSPS) is 11.0. The number of rotatable bonds is 6. The number of fused-ring (bicyclic) bond motifs is 4. The molecular formula is C25H27N3O5. The Kier molecular flexibility index (Phi) is 7.17. The number of nitrogens with one attached hydrogen (secondary N) is 2. The maximum atomic E-state index is 9.55. The highest BCUT2D eigenvalue weighted by molar-refractivity contribution is 6.18. The lowest BCUT2D eigenvalue weighted by atomic mass is 9.96. The third-order valence-electron chi connectivity index (χ3n) is 5.40. The molecule has 2 heterocycles. The van der Waals surface area contributed by atoms with Gasteiger partial charge < -0.3 is 25.3 Å². The number of aromatic amines is 1. The third-order valence-corrected chi connectivity index (χ3v) is 5.40. The van der Waals surface area contributed by atoms with Crippen molar-refractivity contribution in [3.8, 4) is 5.75 Å². The predicted molar refractivity (Wildman–Crippen MR) is 130 cm³/mol. The second kappa shape index (κ2) is 10.0. The molecule has 0 saturated heterocycles. The smallest absolute Gasteiger partial charge is 0.328 e. The number of nitrogens with zero attached hydrogens (tertiary/aromatic N) is 1. The van der Waals surface area contributed by atoms with E-state index in [2.05, 4.69) is 54.3 Å². The summed E-state index contributed by atoms with van der Waals surface area (Å²) in [6.07, 6.45) is 4.08. The minimum atomic E-state index is -1.26. The summed E-state index contributed by atoms with van der Waals surface area (Å²) in [5.74, 6) is -0.667. The highest BCUT2D eigenvalue weighted by atomic mass is 16.5. The molecule has 0 atom stereocenters. The van der Waals surface area contributed by atoms with Gasteiger partial charge in [0.2, 0.25) is 0 Å². The number of carbonyl (C=O) groups is 2. The van der Waals surface area contributed by atoms with Crippen molar-refractivity contribution in [3.63, 3.8) is 0 Å². The maximum absolute atomic E-state index is 9.55. The van der Waals surface area contributed by atoms with E-state index >= 15 is 0 Å². The zero-order valence-corrected chi connectivity index (χ0v) is 19.0. The number of carboxylic acids is 2. The number of aryl methyl sites for hydroxylation is 2. The number of hydrogen-bond acceptors (Lipinski definition) is 5. The van der Waals surface area contributed by atoms with Gasteiger partial charge in [0.05, 0.1) is 12.6 Å². The van der Waals surface area contributed by atoms with Crippen molar-refractivity contribution in [1.29, 1.82) is 0 Å². The van der Waals surface area contributed by atoms with Crippen LogP contribution < -0.4 is 10.1 Å². The molecule has 0 spiro atoms. The van der Waals surface area contributed by atoms with Crippen molar-refractivity contribution in [2.75, 3.05) is 19.0 Å². The van der Waals surface area contributed by atoms with Gasteiger partial charge in [0.25, 0.3) is 0 Å². The molecule has 4 rings (SSSR count). The Morgan fingerprint density at radius 3 is 2.36 bits per heavy atom. The monoisotopic (exact) mass is 449 g/mol. The number of hydrogen-bond donors (Lipinski definition) is 4. The van der Waals surface area contributed by atoms with E-state index in [0.29, 0.717) is 12.2 Å². The summed E-state index contributed by atoms with van der Waals surface area (Å²) >= 11 is 0. The molecule has 4 aromatic rings. The molecule has 0 aliphatic heterocycles. The molecule has 0 saturated carbocycles.